The Bertz CT molecular complexity index is 628. The van der Waals surface area contributed by atoms with E-state index < -0.39 is 0 Å². The maximum Gasteiger partial charge on any atom is 0.104 e. The number of rotatable bonds is 3. The van der Waals surface area contributed by atoms with E-state index in [9.17, 15) is 0 Å². The first-order valence-electron chi connectivity index (χ1n) is 5.48. The Kier molecular flexibility index (Phi) is 2.57. The number of aromatic nitrogens is 1. The van der Waals surface area contributed by atoms with Gasteiger partial charge in [-0.05, 0) is 30.3 Å². The van der Waals surface area contributed by atoms with Crippen molar-refractivity contribution in [2.24, 2.45) is 0 Å². The van der Waals surface area contributed by atoms with E-state index >= 15 is 0 Å². The molecule has 3 aromatic rings. The van der Waals surface area contributed by atoms with E-state index in [1.54, 1.807) is 17.6 Å². The van der Waals surface area contributed by atoms with Gasteiger partial charge in [-0.3, -0.25) is 0 Å². The monoisotopic (exact) mass is 244 g/mol. The Labute approximate surface area is 103 Å². The summed E-state index contributed by atoms with van der Waals surface area (Å²) in [6.45, 7) is 0. The van der Waals surface area contributed by atoms with Crippen LogP contribution in [0.5, 0.6) is 0 Å². The van der Waals surface area contributed by atoms with Crippen molar-refractivity contribution in [3.05, 3.63) is 47.4 Å². The molecule has 0 atom stereocenters. The van der Waals surface area contributed by atoms with Crippen LogP contribution in [0.4, 0.5) is 5.69 Å². The van der Waals surface area contributed by atoms with Crippen molar-refractivity contribution in [3.63, 3.8) is 0 Å². The molecule has 1 aromatic carbocycles. The highest BCUT2D eigenvalue weighted by molar-refractivity contribution is 7.18. The molecule has 0 saturated heterocycles. The minimum atomic E-state index is 0.790. The third-order valence-corrected chi connectivity index (χ3v) is 3.70. The number of thiazole rings is 1. The average molecular weight is 244 g/mol. The van der Waals surface area contributed by atoms with Crippen LogP contribution in [0.2, 0.25) is 0 Å². The van der Waals surface area contributed by atoms with Gasteiger partial charge in [-0.25, -0.2) is 4.98 Å². The van der Waals surface area contributed by atoms with E-state index in [1.807, 2.05) is 30.3 Å². The molecular formula is C13H12N2OS. The molecule has 17 heavy (non-hydrogen) atoms. The van der Waals surface area contributed by atoms with Gasteiger partial charge in [0, 0.05) is 18.5 Å². The van der Waals surface area contributed by atoms with E-state index in [2.05, 4.69) is 4.98 Å². The third-order valence-electron chi connectivity index (χ3n) is 2.62. The van der Waals surface area contributed by atoms with Crippen molar-refractivity contribution in [3.8, 4) is 0 Å². The lowest BCUT2D eigenvalue weighted by Gasteiger charge is -1.92. The van der Waals surface area contributed by atoms with Crippen molar-refractivity contribution in [2.75, 3.05) is 5.73 Å². The molecule has 0 saturated carbocycles. The fourth-order valence-electron chi connectivity index (χ4n) is 1.78. The normalized spacial score (nSPS) is 11.1. The Hall–Kier alpha value is -1.81. The number of anilines is 1. The lowest BCUT2D eigenvalue weighted by Crippen LogP contribution is -1.87. The number of benzene rings is 1. The number of nitrogens with zero attached hydrogens (tertiary/aromatic N) is 1. The fraction of sp³-hybridized carbons (Fsp3) is 0.154. The van der Waals surface area contributed by atoms with Crippen LogP contribution in [0, 0.1) is 0 Å². The second kappa shape index (κ2) is 4.22. The lowest BCUT2D eigenvalue weighted by molar-refractivity contribution is 0.508. The van der Waals surface area contributed by atoms with Gasteiger partial charge < -0.3 is 10.2 Å². The number of nitrogen functional groups attached to an aromatic ring is 1. The molecule has 3 rings (SSSR count). The number of nitrogens with two attached hydrogens (primary N) is 1. The summed E-state index contributed by atoms with van der Waals surface area (Å²) in [5.74, 6) is 1.00. The molecule has 0 spiro atoms. The van der Waals surface area contributed by atoms with Gasteiger partial charge in [0.05, 0.1) is 21.5 Å². The number of hydrogen-bond acceptors (Lipinski definition) is 4. The molecule has 0 aliphatic carbocycles. The Morgan fingerprint density at radius 1 is 1.24 bits per heavy atom. The van der Waals surface area contributed by atoms with Crippen LogP contribution >= 0.6 is 11.3 Å². The van der Waals surface area contributed by atoms with Crippen molar-refractivity contribution >= 4 is 27.2 Å². The lowest BCUT2D eigenvalue weighted by atomic mass is 10.2. The molecule has 2 aromatic heterocycles. The number of aryl methyl sites for hydroxylation is 2. The van der Waals surface area contributed by atoms with Gasteiger partial charge in [-0.2, -0.15) is 0 Å². The van der Waals surface area contributed by atoms with Gasteiger partial charge >= 0.3 is 0 Å². The first-order chi connectivity index (χ1) is 8.31. The van der Waals surface area contributed by atoms with E-state index in [1.165, 1.54) is 0 Å². The molecule has 3 nitrogen and oxygen atoms in total. The summed E-state index contributed by atoms with van der Waals surface area (Å²) < 4.78 is 6.46. The summed E-state index contributed by atoms with van der Waals surface area (Å²) in [5, 5.41) is 1.13. The molecule has 0 radical (unpaired) electrons. The highest BCUT2D eigenvalue weighted by atomic mass is 32.1. The molecule has 0 amide bonds. The topological polar surface area (TPSA) is 52.0 Å². The zero-order chi connectivity index (χ0) is 11.7. The van der Waals surface area contributed by atoms with E-state index in [-0.39, 0.29) is 0 Å². The van der Waals surface area contributed by atoms with Crippen LogP contribution in [0.1, 0.15) is 10.8 Å². The molecular weight excluding hydrogens is 232 g/mol. The highest BCUT2D eigenvalue weighted by Gasteiger charge is 2.05. The van der Waals surface area contributed by atoms with Crippen LogP contribution in [0.15, 0.2) is 41.0 Å². The predicted octanol–water partition coefficient (Wildman–Crippen LogP) is 3.26. The second-order valence-corrected chi connectivity index (χ2v) is 5.03. The third kappa shape index (κ3) is 2.17. The molecule has 2 N–H and O–H groups in total. The zero-order valence-electron chi connectivity index (χ0n) is 9.22. The Morgan fingerprint density at radius 3 is 3.00 bits per heavy atom. The molecule has 4 heteroatoms. The predicted molar refractivity (Wildman–Crippen MR) is 70.1 cm³/mol. The van der Waals surface area contributed by atoms with Gasteiger partial charge in [-0.1, -0.05) is 0 Å². The SMILES string of the molecule is Nc1ccc2nc(CCc3ccco3)sc2c1. The van der Waals surface area contributed by atoms with Crippen molar-refractivity contribution in [1.82, 2.24) is 4.98 Å². The Balaban J connectivity index is 1.81. The molecule has 0 bridgehead atoms. The Morgan fingerprint density at radius 2 is 2.18 bits per heavy atom. The minimum Gasteiger partial charge on any atom is -0.469 e. The quantitative estimate of drug-likeness (QED) is 0.719. The fourth-order valence-corrected chi connectivity index (χ4v) is 2.80. The molecule has 0 fully saturated rings. The maximum absolute atomic E-state index is 5.75. The summed E-state index contributed by atoms with van der Waals surface area (Å²) in [4.78, 5) is 4.57. The minimum absolute atomic E-state index is 0.790. The molecule has 0 aliphatic rings. The van der Waals surface area contributed by atoms with Gasteiger partial charge in [0.2, 0.25) is 0 Å². The standard InChI is InChI=1S/C13H12N2OS/c14-9-3-5-11-12(8-9)17-13(15-11)6-4-10-2-1-7-16-10/h1-3,5,7-8H,4,6,14H2. The summed E-state index contributed by atoms with van der Waals surface area (Å²) in [7, 11) is 0. The van der Waals surface area contributed by atoms with Crippen molar-refractivity contribution < 1.29 is 4.42 Å². The van der Waals surface area contributed by atoms with Crippen molar-refractivity contribution in [1.29, 1.82) is 0 Å². The van der Waals surface area contributed by atoms with Crippen LogP contribution < -0.4 is 5.73 Å². The van der Waals surface area contributed by atoms with Gasteiger partial charge in [0.1, 0.15) is 5.76 Å². The first-order valence-corrected chi connectivity index (χ1v) is 6.30. The molecule has 2 heterocycles. The second-order valence-electron chi connectivity index (χ2n) is 3.91. The summed E-state index contributed by atoms with van der Waals surface area (Å²) >= 11 is 1.70. The van der Waals surface area contributed by atoms with E-state index in [0.29, 0.717) is 0 Å². The van der Waals surface area contributed by atoms with Crippen molar-refractivity contribution in [2.45, 2.75) is 12.8 Å². The van der Waals surface area contributed by atoms with Gasteiger partial charge in [0.15, 0.2) is 0 Å². The highest BCUT2D eigenvalue weighted by Crippen LogP contribution is 2.25. The summed E-state index contributed by atoms with van der Waals surface area (Å²) in [6.07, 6.45) is 3.50. The molecule has 0 unspecified atom stereocenters. The average Bonchev–Trinajstić information content (AvgIpc) is 2.94. The number of furan rings is 1. The number of fused-ring (bicyclic) bond motifs is 1. The summed E-state index contributed by atoms with van der Waals surface area (Å²) in [5.41, 5.74) is 7.57. The van der Waals surface area contributed by atoms with Crippen LogP contribution in [0.3, 0.4) is 0 Å². The zero-order valence-corrected chi connectivity index (χ0v) is 10.0. The number of hydrogen-bond donors (Lipinski definition) is 1. The molecule has 86 valence electrons. The first kappa shape index (κ1) is 10.4. The van der Waals surface area contributed by atoms with Crippen LogP contribution in [-0.4, -0.2) is 4.98 Å². The molecule has 0 aliphatic heterocycles. The van der Waals surface area contributed by atoms with Crippen LogP contribution in [0.25, 0.3) is 10.2 Å². The van der Waals surface area contributed by atoms with Gasteiger partial charge in [0.25, 0.3) is 0 Å². The smallest absolute Gasteiger partial charge is 0.104 e. The van der Waals surface area contributed by atoms with Crippen LogP contribution in [-0.2, 0) is 12.8 Å². The van der Waals surface area contributed by atoms with Gasteiger partial charge in [-0.15, -0.1) is 11.3 Å². The van der Waals surface area contributed by atoms with E-state index in [4.69, 9.17) is 10.2 Å². The largest absolute Gasteiger partial charge is 0.469 e. The summed E-state index contributed by atoms with van der Waals surface area (Å²) in [6, 6.07) is 9.74. The maximum atomic E-state index is 5.75. The van der Waals surface area contributed by atoms with E-state index in [0.717, 1.165) is 39.5 Å².